The Balaban J connectivity index is 0.00000277. The smallest absolute Gasteiger partial charge is 0.271 e. The molecule has 1 aromatic heterocycles. The molecular formula is C32H38ClN3O3. The van der Waals surface area contributed by atoms with Gasteiger partial charge in [0.1, 0.15) is 11.8 Å². The molecule has 0 saturated carbocycles. The molecule has 1 N–H and O–H groups in total. The van der Waals surface area contributed by atoms with E-state index in [1.54, 1.807) is 7.11 Å². The van der Waals surface area contributed by atoms with Crippen molar-refractivity contribution in [3.8, 4) is 11.5 Å². The van der Waals surface area contributed by atoms with Crippen LogP contribution in [0.25, 0.3) is 0 Å². The Morgan fingerprint density at radius 2 is 1.97 bits per heavy atom. The Hall–Kier alpha value is -2.96. The lowest BCUT2D eigenvalue weighted by molar-refractivity contribution is -0.0256. The number of carbonyl (C=O) groups is 1. The first-order chi connectivity index (χ1) is 18.3. The van der Waals surface area contributed by atoms with Crippen molar-refractivity contribution in [2.24, 2.45) is 5.92 Å². The first kappa shape index (κ1) is 26.3. The maximum Gasteiger partial charge on any atom is 0.271 e. The van der Waals surface area contributed by atoms with Gasteiger partial charge in [0.05, 0.1) is 12.8 Å². The van der Waals surface area contributed by atoms with Gasteiger partial charge < -0.3 is 24.3 Å². The number of halogens is 1. The van der Waals surface area contributed by atoms with Crippen LogP contribution in [0, 0.1) is 12.8 Å². The lowest BCUT2D eigenvalue weighted by Crippen LogP contribution is -2.62. The van der Waals surface area contributed by atoms with Gasteiger partial charge in [0, 0.05) is 29.6 Å². The normalized spacial score (nSPS) is 25.8. The van der Waals surface area contributed by atoms with Crippen LogP contribution >= 0.6 is 12.4 Å². The fourth-order valence-corrected chi connectivity index (χ4v) is 8.06. The number of likely N-dealkylation sites (tertiary alicyclic amines) is 1. The zero-order chi connectivity index (χ0) is 26.3. The number of methoxy groups -OCH3 is 1. The van der Waals surface area contributed by atoms with E-state index in [2.05, 4.69) is 62.0 Å². The van der Waals surface area contributed by atoms with Gasteiger partial charge in [-0.3, -0.25) is 4.79 Å². The van der Waals surface area contributed by atoms with E-state index in [4.69, 9.17) is 9.47 Å². The average molecular weight is 548 g/mol. The lowest BCUT2D eigenvalue weighted by Gasteiger charge is -2.57. The quantitative estimate of drug-likeness (QED) is 0.451. The maximum atomic E-state index is 14.1. The Kier molecular flexibility index (Phi) is 6.27. The molecule has 206 valence electrons. The number of aromatic nitrogens is 1. The Bertz CT molecular complexity index is 1430. The first-order valence-electron chi connectivity index (χ1n) is 14.0. The molecule has 39 heavy (non-hydrogen) atoms. The summed E-state index contributed by atoms with van der Waals surface area (Å²) in [5.41, 5.74) is 7.99. The third-order valence-corrected chi connectivity index (χ3v) is 9.99. The lowest BCUT2D eigenvalue weighted by atomic mass is 9.51. The van der Waals surface area contributed by atoms with Gasteiger partial charge in [-0.05, 0) is 87.9 Å². The summed E-state index contributed by atoms with van der Waals surface area (Å²) in [4.78, 5) is 22.3. The number of nitrogens with zero attached hydrogens (tertiary/aromatic N) is 2. The number of carbonyl (C=O) groups excluding carboxylic acids is 1. The highest BCUT2D eigenvalue weighted by Crippen LogP contribution is 2.67. The summed E-state index contributed by atoms with van der Waals surface area (Å²) in [6.07, 6.45) is 2.93. The summed E-state index contributed by atoms with van der Waals surface area (Å²) >= 11 is 0. The van der Waals surface area contributed by atoms with Gasteiger partial charge >= 0.3 is 0 Å². The third kappa shape index (κ3) is 3.53. The third-order valence-electron chi connectivity index (χ3n) is 9.99. The second-order valence-electron chi connectivity index (χ2n) is 12.0. The minimum Gasteiger partial charge on any atom is -0.493 e. The van der Waals surface area contributed by atoms with Crippen molar-refractivity contribution in [3.05, 3.63) is 81.7 Å². The molecule has 2 aliphatic heterocycles. The summed E-state index contributed by atoms with van der Waals surface area (Å²) < 4.78 is 12.7. The molecule has 7 rings (SSSR count). The number of piperidine rings is 1. The zero-order valence-electron chi connectivity index (χ0n) is 23.4. The van der Waals surface area contributed by atoms with Crippen molar-refractivity contribution in [2.45, 2.75) is 70.2 Å². The Morgan fingerprint density at radius 1 is 1.21 bits per heavy atom. The minimum atomic E-state index is -0.125. The fraction of sp³-hybridized carbons (Fsp3) is 0.469. The summed E-state index contributed by atoms with van der Waals surface area (Å²) in [6, 6.07) is 15.1. The van der Waals surface area contributed by atoms with Crippen molar-refractivity contribution >= 4 is 18.3 Å². The van der Waals surface area contributed by atoms with Crippen LogP contribution in [0.15, 0.2) is 42.5 Å². The molecule has 1 fully saturated rings. The summed E-state index contributed by atoms with van der Waals surface area (Å²) in [7, 11) is 4.00. The Morgan fingerprint density at radius 3 is 2.69 bits per heavy atom. The molecule has 1 spiro atoms. The standard InChI is InChI=1S/C32H37N3O3.ClH/c1-18(2)35(17-20-9-7-6-8-10-20)31(36)27-19(3)22-16-23-24-15-21-11-12-25(37-5)29-26(21)32(23,13-14-34(24)4)30(38-29)28(22)33-27;/h6-12,18,23-24,30,33H,13-17H2,1-5H3;1H. The average Bonchev–Trinajstić information content (AvgIpc) is 3.44. The second kappa shape index (κ2) is 9.31. The maximum absolute atomic E-state index is 14.1. The highest BCUT2D eigenvalue weighted by Gasteiger charge is 2.65. The number of amides is 1. The number of rotatable bonds is 5. The van der Waals surface area contributed by atoms with Crippen LogP contribution in [-0.2, 0) is 24.8 Å². The van der Waals surface area contributed by atoms with E-state index < -0.39 is 0 Å². The molecule has 0 radical (unpaired) electrons. The van der Waals surface area contributed by atoms with E-state index in [1.807, 2.05) is 23.1 Å². The molecule has 2 aromatic carbocycles. The number of nitrogens with one attached hydrogen (secondary N) is 1. The van der Waals surface area contributed by atoms with Crippen molar-refractivity contribution < 1.29 is 14.3 Å². The minimum absolute atomic E-state index is 0. The van der Waals surface area contributed by atoms with E-state index in [-0.39, 0.29) is 35.9 Å². The topological polar surface area (TPSA) is 57.8 Å². The molecule has 2 aliphatic carbocycles. The number of ether oxygens (including phenoxy) is 2. The molecule has 1 amide bonds. The van der Waals surface area contributed by atoms with Crippen molar-refractivity contribution in [1.82, 2.24) is 14.8 Å². The molecular weight excluding hydrogens is 510 g/mol. The predicted octanol–water partition coefficient (Wildman–Crippen LogP) is 5.61. The van der Waals surface area contributed by atoms with E-state index >= 15 is 0 Å². The van der Waals surface area contributed by atoms with Gasteiger partial charge in [-0.15, -0.1) is 12.4 Å². The molecule has 4 atom stereocenters. The monoisotopic (exact) mass is 547 g/mol. The largest absolute Gasteiger partial charge is 0.493 e. The molecule has 4 unspecified atom stereocenters. The number of benzene rings is 2. The van der Waals surface area contributed by atoms with E-state index in [0.717, 1.165) is 54.1 Å². The van der Waals surface area contributed by atoms with Crippen LogP contribution < -0.4 is 9.47 Å². The molecule has 2 bridgehead atoms. The molecule has 3 aromatic rings. The highest BCUT2D eigenvalue weighted by atomic mass is 35.5. The van der Waals surface area contributed by atoms with Crippen molar-refractivity contribution in [2.75, 3.05) is 20.7 Å². The number of hydrogen-bond donors (Lipinski definition) is 1. The SMILES string of the molecule is COc1ccc2c3c1OC1c4[nH]c(C(=O)N(Cc5ccccc5)C(C)C)c(C)c4CC4C(C2)N(C)CCC314.Cl. The van der Waals surface area contributed by atoms with E-state index in [0.29, 0.717) is 24.2 Å². The Labute approximate surface area is 237 Å². The van der Waals surface area contributed by atoms with Gasteiger partial charge in [-0.2, -0.15) is 0 Å². The van der Waals surface area contributed by atoms with Gasteiger partial charge in [0.25, 0.3) is 5.91 Å². The van der Waals surface area contributed by atoms with Gasteiger partial charge in [0.2, 0.25) is 0 Å². The zero-order valence-corrected chi connectivity index (χ0v) is 24.2. The second-order valence-corrected chi connectivity index (χ2v) is 12.0. The fourth-order valence-electron chi connectivity index (χ4n) is 8.06. The van der Waals surface area contributed by atoms with Crippen molar-refractivity contribution in [1.29, 1.82) is 0 Å². The first-order valence-corrected chi connectivity index (χ1v) is 14.0. The van der Waals surface area contributed by atoms with Crippen LogP contribution in [0.1, 0.15) is 70.4 Å². The molecule has 3 heterocycles. The van der Waals surface area contributed by atoms with Crippen LogP contribution in [-0.4, -0.2) is 53.5 Å². The molecule has 1 saturated heterocycles. The van der Waals surface area contributed by atoms with Gasteiger partial charge in [0.15, 0.2) is 11.5 Å². The van der Waals surface area contributed by atoms with E-state index in [9.17, 15) is 4.79 Å². The number of likely N-dealkylation sites (N-methyl/N-ethyl adjacent to an activating group) is 1. The van der Waals surface area contributed by atoms with E-state index in [1.165, 1.54) is 16.7 Å². The predicted molar refractivity (Wildman–Crippen MR) is 154 cm³/mol. The van der Waals surface area contributed by atoms with Crippen molar-refractivity contribution in [3.63, 3.8) is 0 Å². The van der Waals surface area contributed by atoms with Crippen LogP contribution in [0.5, 0.6) is 11.5 Å². The number of fused-ring (bicyclic) bond motifs is 2. The number of aromatic amines is 1. The van der Waals surface area contributed by atoms with Crippen LogP contribution in [0.2, 0.25) is 0 Å². The summed E-state index contributed by atoms with van der Waals surface area (Å²) in [5.74, 6) is 2.25. The van der Waals surface area contributed by atoms with Crippen LogP contribution in [0.4, 0.5) is 0 Å². The number of hydrogen-bond acceptors (Lipinski definition) is 4. The summed E-state index contributed by atoms with van der Waals surface area (Å²) in [6.45, 7) is 7.95. The highest BCUT2D eigenvalue weighted by molar-refractivity contribution is 5.95. The molecule has 6 nitrogen and oxygen atoms in total. The number of H-pyrrole nitrogens is 1. The summed E-state index contributed by atoms with van der Waals surface area (Å²) in [5, 5.41) is 0. The van der Waals surface area contributed by atoms with Crippen LogP contribution in [0.3, 0.4) is 0 Å². The molecule has 7 heteroatoms. The molecule has 4 aliphatic rings. The van der Waals surface area contributed by atoms with Gasteiger partial charge in [-0.1, -0.05) is 36.4 Å². The van der Waals surface area contributed by atoms with Gasteiger partial charge in [-0.25, -0.2) is 0 Å².